The van der Waals surface area contributed by atoms with Crippen LogP contribution in [0.2, 0.25) is 0 Å². The molecule has 0 saturated carbocycles. The Kier molecular flexibility index (Phi) is 4.15. The summed E-state index contributed by atoms with van der Waals surface area (Å²) >= 11 is 1.18. The molecule has 0 spiro atoms. The largest absolute Gasteiger partial charge is 0.477 e. The molecule has 1 aromatic heterocycles. The average molecular weight is 272 g/mol. The van der Waals surface area contributed by atoms with Gasteiger partial charge in [-0.25, -0.2) is 9.78 Å². The maximum atomic E-state index is 11.1. The summed E-state index contributed by atoms with van der Waals surface area (Å²) in [4.78, 5) is 17.7. The van der Waals surface area contributed by atoms with E-state index in [2.05, 4.69) is 4.98 Å². The third-order valence-corrected chi connectivity index (χ3v) is 4.09. The zero-order chi connectivity index (χ0) is 13.1. The molecular formula is C11H16N2O4S. The zero-order valence-corrected chi connectivity index (χ0v) is 11.2. The molecule has 0 radical (unpaired) electrons. The molecule has 2 rings (SSSR count). The van der Waals surface area contributed by atoms with E-state index >= 15 is 0 Å². The minimum atomic E-state index is -0.957. The van der Waals surface area contributed by atoms with Crippen molar-refractivity contribution in [3.8, 4) is 0 Å². The van der Waals surface area contributed by atoms with E-state index in [4.69, 9.17) is 14.6 Å². The molecule has 1 fully saturated rings. The molecule has 1 aliphatic rings. The number of carbonyl (C=O) groups is 1. The number of thiazole rings is 1. The highest BCUT2D eigenvalue weighted by molar-refractivity contribution is 7.17. The van der Waals surface area contributed by atoms with Gasteiger partial charge in [0.05, 0.1) is 24.9 Å². The highest BCUT2D eigenvalue weighted by atomic mass is 32.1. The van der Waals surface area contributed by atoms with Crippen molar-refractivity contribution in [2.45, 2.75) is 19.1 Å². The molecule has 1 aliphatic heterocycles. The van der Waals surface area contributed by atoms with Gasteiger partial charge in [0.1, 0.15) is 4.88 Å². The lowest BCUT2D eigenvalue weighted by Crippen LogP contribution is -2.31. The van der Waals surface area contributed by atoms with Crippen LogP contribution in [-0.4, -0.2) is 49.5 Å². The van der Waals surface area contributed by atoms with Gasteiger partial charge in [-0.15, -0.1) is 0 Å². The fraction of sp³-hybridized carbons (Fsp3) is 0.636. The molecule has 18 heavy (non-hydrogen) atoms. The summed E-state index contributed by atoms with van der Waals surface area (Å²) in [6.07, 6.45) is 0.943. The predicted octanol–water partition coefficient (Wildman–Crippen LogP) is 1.21. The number of aromatic carboxylic acids is 1. The Morgan fingerprint density at radius 1 is 1.72 bits per heavy atom. The number of likely N-dealkylation sites (N-methyl/N-ethyl adjacent to an activating group) is 1. The molecule has 7 heteroatoms. The summed E-state index contributed by atoms with van der Waals surface area (Å²) in [5.41, 5.74) is 0.482. The lowest BCUT2D eigenvalue weighted by Gasteiger charge is -2.21. The van der Waals surface area contributed by atoms with Crippen molar-refractivity contribution in [3.63, 3.8) is 0 Å². The van der Waals surface area contributed by atoms with Gasteiger partial charge in [0.25, 0.3) is 0 Å². The standard InChI is InChI=1S/C11H16N2O4S/c1-13(7-3-4-17-5-7)11-12-8(6-16-2)9(18-11)10(14)15/h7H,3-6H2,1-2H3,(H,14,15). The number of hydrogen-bond acceptors (Lipinski definition) is 6. The van der Waals surface area contributed by atoms with E-state index in [-0.39, 0.29) is 17.5 Å². The number of carboxylic acid groups (broad SMARTS) is 1. The van der Waals surface area contributed by atoms with Crippen molar-refractivity contribution in [3.05, 3.63) is 10.6 Å². The summed E-state index contributed by atoms with van der Waals surface area (Å²) in [7, 11) is 3.44. The van der Waals surface area contributed by atoms with Gasteiger partial charge in [0, 0.05) is 20.8 Å². The Labute approximate surface area is 109 Å². The Balaban J connectivity index is 2.22. The second-order valence-corrected chi connectivity index (χ2v) is 5.12. The fourth-order valence-corrected chi connectivity index (χ4v) is 2.82. The highest BCUT2D eigenvalue weighted by Gasteiger charge is 2.25. The van der Waals surface area contributed by atoms with Crippen LogP contribution in [0.4, 0.5) is 5.13 Å². The molecule has 0 aromatic carbocycles. The fourth-order valence-electron chi connectivity index (χ4n) is 1.88. The van der Waals surface area contributed by atoms with Gasteiger partial charge in [0.2, 0.25) is 0 Å². The van der Waals surface area contributed by atoms with Crippen molar-refractivity contribution < 1.29 is 19.4 Å². The van der Waals surface area contributed by atoms with E-state index < -0.39 is 5.97 Å². The van der Waals surface area contributed by atoms with Gasteiger partial charge >= 0.3 is 5.97 Å². The number of anilines is 1. The molecule has 1 atom stereocenters. The van der Waals surface area contributed by atoms with E-state index in [1.54, 1.807) is 0 Å². The van der Waals surface area contributed by atoms with Crippen LogP contribution in [0.15, 0.2) is 0 Å². The number of carboxylic acids is 1. The van der Waals surface area contributed by atoms with Crippen molar-refractivity contribution in [1.29, 1.82) is 0 Å². The lowest BCUT2D eigenvalue weighted by atomic mass is 10.2. The molecule has 1 N–H and O–H groups in total. The quantitative estimate of drug-likeness (QED) is 0.868. The summed E-state index contributed by atoms with van der Waals surface area (Å²) in [6.45, 7) is 1.63. The molecule has 100 valence electrons. The molecular weight excluding hydrogens is 256 g/mol. The van der Waals surface area contributed by atoms with Gasteiger partial charge in [-0.1, -0.05) is 11.3 Å². The average Bonchev–Trinajstić information content (AvgIpc) is 2.97. The summed E-state index contributed by atoms with van der Waals surface area (Å²) in [6, 6.07) is 0.271. The molecule has 1 aromatic rings. The number of rotatable bonds is 5. The van der Waals surface area contributed by atoms with E-state index in [9.17, 15) is 4.79 Å². The van der Waals surface area contributed by atoms with E-state index in [1.807, 2.05) is 11.9 Å². The van der Waals surface area contributed by atoms with Crippen LogP contribution in [-0.2, 0) is 16.1 Å². The van der Waals surface area contributed by atoms with Crippen molar-refractivity contribution >= 4 is 22.4 Å². The molecule has 0 amide bonds. The van der Waals surface area contributed by atoms with Gasteiger partial charge in [-0.2, -0.15) is 0 Å². The Bertz CT molecular complexity index is 429. The molecule has 0 aliphatic carbocycles. The number of nitrogens with zero attached hydrogens (tertiary/aromatic N) is 2. The van der Waals surface area contributed by atoms with Crippen LogP contribution < -0.4 is 4.90 Å². The van der Waals surface area contributed by atoms with Crippen LogP contribution in [0.3, 0.4) is 0 Å². The molecule has 0 bridgehead atoms. The number of hydrogen-bond donors (Lipinski definition) is 1. The smallest absolute Gasteiger partial charge is 0.347 e. The summed E-state index contributed by atoms with van der Waals surface area (Å²) < 4.78 is 10.3. The third-order valence-electron chi connectivity index (χ3n) is 2.92. The summed E-state index contributed by atoms with van der Waals surface area (Å²) in [5, 5.41) is 9.83. The van der Waals surface area contributed by atoms with Crippen LogP contribution in [0.25, 0.3) is 0 Å². The van der Waals surface area contributed by atoms with Crippen LogP contribution in [0, 0.1) is 0 Å². The Hall–Kier alpha value is -1.18. The first-order valence-corrected chi connectivity index (χ1v) is 6.47. The van der Waals surface area contributed by atoms with E-state index in [1.165, 1.54) is 18.4 Å². The number of ether oxygens (including phenoxy) is 2. The normalized spacial score (nSPS) is 19.1. The maximum absolute atomic E-state index is 11.1. The SMILES string of the molecule is COCc1nc(N(C)C2CCOC2)sc1C(=O)O. The van der Waals surface area contributed by atoms with Gasteiger partial charge in [-0.05, 0) is 6.42 Å². The molecule has 1 unspecified atom stereocenters. The van der Waals surface area contributed by atoms with Crippen LogP contribution >= 0.6 is 11.3 Å². The van der Waals surface area contributed by atoms with Gasteiger partial charge in [-0.3, -0.25) is 0 Å². The van der Waals surface area contributed by atoms with Crippen molar-refractivity contribution in [1.82, 2.24) is 4.98 Å². The first-order chi connectivity index (χ1) is 8.63. The monoisotopic (exact) mass is 272 g/mol. The van der Waals surface area contributed by atoms with E-state index in [0.29, 0.717) is 17.4 Å². The summed E-state index contributed by atoms with van der Waals surface area (Å²) in [5.74, 6) is -0.957. The Morgan fingerprint density at radius 2 is 2.50 bits per heavy atom. The van der Waals surface area contributed by atoms with E-state index in [0.717, 1.165) is 13.0 Å². The zero-order valence-electron chi connectivity index (χ0n) is 10.4. The van der Waals surface area contributed by atoms with Crippen molar-refractivity contribution in [2.75, 3.05) is 32.3 Å². The first-order valence-electron chi connectivity index (χ1n) is 5.66. The van der Waals surface area contributed by atoms with Crippen LogP contribution in [0.5, 0.6) is 0 Å². The topological polar surface area (TPSA) is 71.9 Å². The lowest BCUT2D eigenvalue weighted by molar-refractivity contribution is 0.0697. The minimum absolute atomic E-state index is 0.215. The molecule has 1 saturated heterocycles. The van der Waals surface area contributed by atoms with Crippen LogP contribution in [0.1, 0.15) is 21.8 Å². The molecule has 2 heterocycles. The maximum Gasteiger partial charge on any atom is 0.347 e. The van der Waals surface area contributed by atoms with Crippen molar-refractivity contribution in [2.24, 2.45) is 0 Å². The second-order valence-electron chi connectivity index (χ2n) is 4.14. The number of aromatic nitrogens is 1. The second kappa shape index (κ2) is 5.64. The minimum Gasteiger partial charge on any atom is -0.477 e. The first kappa shape index (κ1) is 13.3. The third kappa shape index (κ3) is 2.63. The predicted molar refractivity (Wildman–Crippen MR) is 67.4 cm³/mol. The Morgan fingerprint density at radius 3 is 3.06 bits per heavy atom. The van der Waals surface area contributed by atoms with Gasteiger partial charge in [0.15, 0.2) is 5.13 Å². The van der Waals surface area contributed by atoms with Gasteiger partial charge < -0.3 is 19.5 Å². The highest BCUT2D eigenvalue weighted by Crippen LogP contribution is 2.29. The molecule has 6 nitrogen and oxygen atoms in total. The number of methoxy groups -OCH3 is 1.